The van der Waals surface area contributed by atoms with Gasteiger partial charge in [0.2, 0.25) is 0 Å². The van der Waals surface area contributed by atoms with E-state index in [1.807, 2.05) is 17.1 Å². The highest BCUT2D eigenvalue weighted by atomic mass is 32.2. The van der Waals surface area contributed by atoms with E-state index < -0.39 is 5.97 Å². The fourth-order valence-electron chi connectivity index (χ4n) is 1.53. The Morgan fingerprint density at radius 3 is 2.63 bits per heavy atom. The summed E-state index contributed by atoms with van der Waals surface area (Å²) in [5.74, 6) is 0.0223. The van der Waals surface area contributed by atoms with Gasteiger partial charge in [0.25, 0.3) is 0 Å². The van der Waals surface area contributed by atoms with Crippen molar-refractivity contribution in [3.8, 4) is 11.3 Å². The molecule has 1 heterocycles. The number of hydrogen-bond donors (Lipinski definition) is 1. The van der Waals surface area contributed by atoms with Crippen LogP contribution in [0.3, 0.4) is 0 Å². The van der Waals surface area contributed by atoms with E-state index in [0.29, 0.717) is 10.8 Å². The highest BCUT2D eigenvalue weighted by Gasteiger charge is 2.07. The summed E-state index contributed by atoms with van der Waals surface area (Å²) < 4.78 is 0. The molecule has 2 aromatic rings. The minimum Gasteiger partial charge on any atom is -0.478 e. The molecule has 3 nitrogen and oxygen atoms in total. The fraction of sp³-hybridized carbons (Fsp3) is 0.286. The van der Waals surface area contributed by atoms with Crippen LogP contribution in [0.2, 0.25) is 0 Å². The van der Waals surface area contributed by atoms with Gasteiger partial charge in [-0.1, -0.05) is 26.0 Å². The first-order valence-electron chi connectivity index (χ1n) is 5.96. The molecule has 0 aliphatic rings. The fourth-order valence-corrected chi connectivity index (χ4v) is 3.14. The summed E-state index contributed by atoms with van der Waals surface area (Å²) in [5, 5.41) is 12.6. The maximum atomic E-state index is 10.8. The molecular formula is C14H15NO2S2. The van der Waals surface area contributed by atoms with Crippen molar-refractivity contribution in [3.05, 3.63) is 40.2 Å². The van der Waals surface area contributed by atoms with Crippen molar-refractivity contribution in [2.75, 3.05) is 0 Å². The molecule has 1 aromatic carbocycles. The number of carboxylic acids is 1. The van der Waals surface area contributed by atoms with Gasteiger partial charge in [-0.2, -0.15) is 11.8 Å². The third kappa shape index (κ3) is 3.81. The van der Waals surface area contributed by atoms with Gasteiger partial charge in [0.15, 0.2) is 0 Å². The Kier molecular flexibility index (Phi) is 4.61. The van der Waals surface area contributed by atoms with Crippen LogP contribution in [0.5, 0.6) is 0 Å². The largest absolute Gasteiger partial charge is 0.478 e. The van der Waals surface area contributed by atoms with Gasteiger partial charge < -0.3 is 5.11 Å². The molecule has 5 heteroatoms. The SMILES string of the molecule is CC(C)SCc1nc(-c2ccc(C(=O)O)cc2)cs1. The summed E-state index contributed by atoms with van der Waals surface area (Å²) in [6.45, 7) is 4.34. The lowest BCUT2D eigenvalue weighted by Crippen LogP contribution is -1.95. The summed E-state index contributed by atoms with van der Waals surface area (Å²) in [7, 11) is 0. The van der Waals surface area contributed by atoms with E-state index in [4.69, 9.17) is 5.11 Å². The number of rotatable bonds is 5. The van der Waals surface area contributed by atoms with Crippen molar-refractivity contribution in [3.63, 3.8) is 0 Å². The molecule has 0 fully saturated rings. The lowest BCUT2D eigenvalue weighted by Gasteiger charge is -2.01. The molecule has 100 valence electrons. The van der Waals surface area contributed by atoms with Crippen molar-refractivity contribution >= 4 is 29.1 Å². The Bertz CT molecular complexity index is 561. The quantitative estimate of drug-likeness (QED) is 0.899. The molecule has 0 saturated carbocycles. The van der Waals surface area contributed by atoms with Gasteiger partial charge >= 0.3 is 5.97 Å². The first-order valence-corrected chi connectivity index (χ1v) is 7.89. The zero-order chi connectivity index (χ0) is 13.8. The number of carboxylic acid groups (broad SMARTS) is 1. The van der Waals surface area contributed by atoms with Crippen LogP contribution < -0.4 is 0 Å². The normalized spacial score (nSPS) is 10.9. The molecule has 0 saturated heterocycles. The van der Waals surface area contributed by atoms with Gasteiger partial charge in [0.1, 0.15) is 5.01 Å². The summed E-state index contributed by atoms with van der Waals surface area (Å²) in [6.07, 6.45) is 0. The third-order valence-electron chi connectivity index (χ3n) is 2.52. The molecule has 0 aliphatic carbocycles. The summed E-state index contributed by atoms with van der Waals surface area (Å²) >= 11 is 3.52. The second-order valence-electron chi connectivity index (χ2n) is 4.37. The number of carbonyl (C=O) groups is 1. The van der Waals surface area contributed by atoms with Gasteiger partial charge in [-0.25, -0.2) is 9.78 Å². The number of aromatic nitrogens is 1. The van der Waals surface area contributed by atoms with Crippen molar-refractivity contribution in [2.24, 2.45) is 0 Å². The molecule has 19 heavy (non-hydrogen) atoms. The molecule has 1 aromatic heterocycles. The Labute approximate surface area is 120 Å². The number of nitrogens with zero attached hydrogens (tertiary/aromatic N) is 1. The molecule has 0 atom stereocenters. The average molecular weight is 293 g/mol. The number of hydrogen-bond acceptors (Lipinski definition) is 4. The molecule has 0 radical (unpaired) electrons. The summed E-state index contributed by atoms with van der Waals surface area (Å²) in [6, 6.07) is 6.83. The molecule has 0 unspecified atom stereocenters. The zero-order valence-corrected chi connectivity index (χ0v) is 12.4. The predicted octanol–water partition coefficient (Wildman–Crippen LogP) is 4.15. The van der Waals surface area contributed by atoms with E-state index in [0.717, 1.165) is 22.0 Å². The molecule has 1 N–H and O–H groups in total. The average Bonchev–Trinajstić information content (AvgIpc) is 2.85. The van der Waals surface area contributed by atoms with E-state index >= 15 is 0 Å². The van der Waals surface area contributed by atoms with Gasteiger partial charge in [-0.3, -0.25) is 0 Å². The van der Waals surface area contributed by atoms with Crippen molar-refractivity contribution < 1.29 is 9.90 Å². The maximum absolute atomic E-state index is 10.8. The highest BCUT2D eigenvalue weighted by molar-refractivity contribution is 7.99. The Hall–Kier alpha value is -1.33. The minimum absolute atomic E-state index is 0.301. The van der Waals surface area contributed by atoms with Crippen LogP contribution in [0, 0.1) is 0 Å². The molecule has 0 spiro atoms. The van der Waals surface area contributed by atoms with Crippen LogP contribution in [0.15, 0.2) is 29.6 Å². The molecular weight excluding hydrogens is 278 g/mol. The number of aromatic carboxylic acids is 1. The van der Waals surface area contributed by atoms with Gasteiger partial charge in [-0.15, -0.1) is 11.3 Å². The first kappa shape index (κ1) is 14.1. The van der Waals surface area contributed by atoms with E-state index in [1.54, 1.807) is 35.6 Å². The third-order valence-corrected chi connectivity index (χ3v) is 4.66. The van der Waals surface area contributed by atoms with Gasteiger partial charge in [0.05, 0.1) is 11.3 Å². The molecule has 2 rings (SSSR count). The standard InChI is InChI=1S/C14H15NO2S2/c1-9(2)18-8-13-15-12(7-19-13)10-3-5-11(6-4-10)14(16)17/h3-7,9H,8H2,1-2H3,(H,16,17). The molecule has 0 bridgehead atoms. The number of thioether (sulfide) groups is 1. The Morgan fingerprint density at radius 2 is 2.05 bits per heavy atom. The van der Waals surface area contributed by atoms with E-state index in [-0.39, 0.29) is 0 Å². The maximum Gasteiger partial charge on any atom is 0.335 e. The summed E-state index contributed by atoms with van der Waals surface area (Å²) in [4.78, 5) is 15.4. The molecule has 0 amide bonds. The van der Waals surface area contributed by atoms with Crippen LogP contribution in [0.1, 0.15) is 29.2 Å². The lowest BCUT2D eigenvalue weighted by molar-refractivity contribution is 0.0697. The van der Waals surface area contributed by atoms with Gasteiger partial charge in [0, 0.05) is 16.7 Å². The number of benzene rings is 1. The van der Waals surface area contributed by atoms with E-state index in [1.165, 1.54) is 0 Å². The summed E-state index contributed by atoms with van der Waals surface area (Å²) in [5.41, 5.74) is 2.18. The highest BCUT2D eigenvalue weighted by Crippen LogP contribution is 2.25. The van der Waals surface area contributed by atoms with Crippen LogP contribution in [-0.4, -0.2) is 21.3 Å². The van der Waals surface area contributed by atoms with Crippen LogP contribution in [0.25, 0.3) is 11.3 Å². The van der Waals surface area contributed by atoms with Crippen LogP contribution >= 0.6 is 23.1 Å². The second-order valence-corrected chi connectivity index (χ2v) is 6.88. The van der Waals surface area contributed by atoms with Crippen molar-refractivity contribution in [2.45, 2.75) is 24.9 Å². The lowest BCUT2D eigenvalue weighted by atomic mass is 10.1. The van der Waals surface area contributed by atoms with Crippen LogP contribution in [0.4, 0.5) is 0 Å². The van der Waals surface area contributed by atoms with Gasteiger partial charge in [-0.05, 0) is 17.4 Å². The van der Waals surface area contributed by atoms with Crippen LogP contribution in [-0.2, 0) is 5.75 Å². The zero-order valence-electron chi connectivity index (χ0n) is 10.8. The Balaban J connectivity index is 2.11. The minimum atomic E-state index is -0.904. The topological polar surface area (TPSA) is 50.2 Å². The van der Waals surface area contributed by atoms with Crippen molar-refractivity contribution in [1.29, 1.82) is 0 Å². The first-order chi connectivity index (χ1) is 9.06. The van der Waals surface area contributed by atoms with Crippen molar-refractivity contribution in [1.82, 2.24) is 4.98 Å². The predicted molar refractivity (Wildman–Crippen MR) is 80.9 cm³/mol. The Morgan fingerprint density at radius 1 is 1.37 bits per heavy atom. The molecule has 0 aliphatic heterocycles. The monoisotopic (exact) mass is 293 g/mol. The smallest absolute Gasteiger partial charge is 0.335 e. The second kappa shape index (κ2) is 6.21. The van der Waals surface area contributed by atoms with E-state index in [9.17, 15) is 4.79 Å². The number of thiazole rings is 1. The van der Waals surface area contributed by atoms with E-state index in [2.05, 4.69) is 18.8 Å².